The number of benzene rings is 1. The van der Waals surface area contributed by atoms with E-state index in [1.165, 1.54) is 73.9 Å². The molecule has 26 heavy (non-hydrogen) atoms. The Labute approximate surface area is 170 Å². The van der Waals surface area contributed by atoms with Crippen molar-refractivity contribution in [3.05, 3.63) is 40.2 Å². The predicted molar refractivity (Wildman–Crippen MR) is 118 cm³/mol. The van der Waals surface area contributed by atoms with Crippen molar-refractivity contribution in [2.45, 2.75) is 77.6 Å². The fourth-order valence-electron chi connectivity index (χ4n) is 3.12. The van der Waals surface area contributed by atoms with E-state index in [-0.39, 0.29) is 12.4 Å². The van der Waals surface area contributed by atoms with Gasteiger partial charge < -0.3 is 5.73 Å². The average Bonchev–Trinajstić information content (AvgIpc) is 3.11. The highest BCUT2D eigenvalue weighted by Gasteiger charge is 2.04. The molecular weight excluding hydrogens is 360 g/mol. The Hall–Kier alpha value is -0.900. The van der Waals surface area contributed by atoms with Crippen LogP contribution in [0.3, 0.4) is 0 Å². The highest BCUT2D eigenvalue weighted by atomic mass is 35.5. The van der Waals surface area contributed by atoms with Crippen molar-refractivity contribution >= 4 is 23.7 Å². The maximum atomic E-state index is 5.57. The number of aromatic nitrogens is 1. The number of aryl methyl sites for hydroxylation is 2. The molecule has 4 heteroatoms. The minimum Gasteiger partial charge on any atom is -0.330 e. The summed E-state index contributed by atoms with van der Waals surface area (Å²) in [6.45, 7) is 3.02. The lowest BCUT2D eigenvalue weighted by molar-refractivity contribution is 0.575. The van der Waals surface area contributed by atoms with Gasteiger partial charge in [-0.05, 0) is 31.4 Å². The molecule has 0 aliphatic heterocycles. The molecular formula is C22H35ClN2S. The topological polar surface area (TPSA) is 38.9 Å². The third-order valence-corrected chi connectivity index (χ3v) is 5.62. The second-order valence-electron chi connectivity index (χ2n) is 6.94. The minimum absolute atomic E-state index is 0. The molecule has 0 saturated heterocycles. The van der Waals surface area contributed by atoms with Crippen molar-refractivity contribution in [1.29, 1.82) is 0 Å². The Morgan fingerprint density at radius 3 is 2.15 bits per heavy atom. The smallest absolute Gasteiger partial charge is 0.0933 e. The summed E-state index contributed by atoms with van der Waals surface area (Å²) in [6, 6.07) is 8.99. The summed E-state index contributed by atoms with van der Waals surface area (Å²) in [7, 11) is 0. The molecule has 2 nitrogen and oxygen atoms in total. The average molecular weight is 395 g/mol. The molecule has 1 aromatic heterocycles. The molecule has 2 N–H and O–H groups in total. The number of nitrogens with zero attached hydrogens (tertiary/aromatic N) is 1. The Morgan fingerprint density at radius 1 is 0.846 bits per heavy atom. The van der Waals surface area contributed by atoms with Gasteiger partial charge >= 0.3 is 0 Å². The highest BCUT2D eigenvalue weighted by Crippen LogP contribution is 2.23. The molecule has 2 aromatic rings. The van der Waals surface area contributed by atoms with E-state index in [1.54, 1.807) is 11.3 Å². The summed E-state index contributed by atoms with van der Waals surface area (Å²) in [5.41, 5.74) is 9.36. The van der Waals surface area contributed by atoms with E-state index < -0.39 is 0 Å². The molecule has 1 heterocycles. The van der Waals surface area contributed by atoms with E-state index in [0.717, 1.165) is 25.1 Å². The summed E-state index contributed by atoms with van der Waals surface area (Å²) in [4.78, 5) is 4.73. The Morgan fingerprint density at radius 2 is 1.50 bits per heavy atom. The quantitative estimate of drug-likeness (QED) is 0.379. The van der Waals surface area contributed by atoms with E-state index in [9.17, 15) is 0 Å². The fraction of sp³-hybridized carbons (Fsp3) is 0.591. The van der Waals surface area contributed by atoms with E-state index in [4.69, 9.17) is 10.7 Å². The summed E-state index contributed by atoms with van der Waals surface area (Å²) < 4.78 is 0. The van der Waals surface area contributed by atoms with Crippen LogP contribution in [0.5, 0.6) is 0 Å². The maximum absolute atomic E-state index is 5.57. The van der Waals surface area contributed by atoms with Crippen molar-refractivity contribution in [2.24, 2.45) is 5.73 Å². The number of unbranched alkanes of at least 4 members (excludes halogenated alkanes) is 7. The first-order valence-electron chi connectivity index (χ1n) is 10.1. The summed E-state index contributed by atoms with van der Waals surface area (Å²) in [6.07, 6.45) is 14.3. The van der Waals surface area contributed by atoms with Gasteiger partial charge in [0.05, 0.1) is 10.7 Å². The van der Waals surface area contributed by atoms with Gasteiger partial charge in [-0.2, -0.15) is 0 Å². The first-order valence-corrected chi connectivity index (χ1v) is 10.9. The summed E-state index contributed by atoms with van der Waals surface area (Å²) >= 11 is 1.75. The zero-order valence-electron chi connectivity index (χ0n) is 16.2. The Kier molecular flexibility index (Phi) is 12.6. The summed E-state index contributed by atoms with van der Waals surface area (Å²) in [5, 5.41) is 3.36. The molecule has 0 atom stereocenters. The van der Waals surface area contributed by atoms with Crippen LogP contribution in [0.25, 0.3) is 11.3 Å². The zero-order chi connectivity index (χ0) is 17.7. The SMILES string of the molecule is CCCCCCCCCCc1ccc(-c2csc(CCCN)n2)cc1.Cl. The largest absolute Gasteiger partial charge is 0.330 e. The first kappa shape index (κ1) is 23.1. The van der Waals surface area contributed by atoms with Crippen LogP contribution in [0.4, 0.5) is 0 Å². The molecule has 0 bridgehead atoms. The molecule has 0 radical (unpaired) electrons. The lowest BCUT2D eigenvalue weighted by atomic mass is 10.0. The van der Waals surface area contributed by atoms with Crippen molar-refractivity contribution in [3.63, 3.8) is 0 Å². The Bertz CT molecular complexity index is 580. The lowest BCUT2D eigenvalue weighted by Gasteiger charge is -2.04. The van der Waals surface area contributed by atoms with Gasteiger partial charge in [-0.3, -0.25) is 0 Å². The monoisotopic (exact) mass is 394 g/mol. The lowest BCUT2D eigenvalue weighted by Crippen LogP contribution is -1.99. The molecule has 0 spiro atoms. The van der Waals surface area contributed by atoms with Crippen LogP contribution in [-0.2, 0) is 12.8 Å². The van der Waals surface area contributed by atoms with Crippen molar-refractivity contribution in [2.75, 3.05) is 6.54 Å². The van der Waals surface area contributed by atoms with Gasteiger partial charge in [0.2, 0.25) is 0 Å². The first-order chi connectivity index (χ1) is 12.3. The number of rotatable bonds is 13. The zero-order valence-corrected chi connectivity index (χ0v) is 17.8. The van der Waals surface area contributed by atoms with Gasteiger partial charge in [0.15, 0.2) is 0 Å². The number of halogens is 1. The van der Waals surface area contributed by atoms with Gasteiger partial charge in [-0.1, -0.05) is 76.1 Å². The third-order valence-electron chi connectivity index (χ3n) is 4.72. The Balaban J connectivity index is 0.00000338. The molecule has 1 aromatic carbocycles. The minimum atomic E-state index is 0. The highest BCUT2D eigenvalue weighted by molar-refractivity contribution is 7.09. The van der Waals surface area contributed by atoms with Crippen LogP contribution in [0, 0.1) is 0 Å². The summed E-state index contributed by atoms with van der Waals surface area (Å²) in [5.74, 6) is 0. The fourth-order valence-corrected chi connectivity index (χ4v) is 3.97. The van der Waals surface area contributed by atoms with E-state index in [1.807, 2.05) is 0 Å². The molecule has 2 rings (SSSR count). The van der Waals surface area contributed by atoms with Crippen LogP contribution in [0.2, 0.25) is 0 Å². The van der Waals surface area contributed by atoms with Gasteiger partial charge in [-0.15, -0.1) is 23.7 Å². The number of hydrogen-bond acceptors (Lipinski definition) is 3. The van der Waals surface area contributed by atoms with E-state index >= 15 is 0 Å². The third kappa shape index (κ3) is 8.66. The molecule has 0 fully saturated rings. The normalized spacial score (nSPS) is 10.7. The number of hydrogen-bond donors (Lipinski definition) is 1. The van der Waals surface area contributed by atoms with Crippen molar-refractivity contribution in [3.8, 4) is 11.3 Å². The maximum Gasteiger partial charge on any atom is 0.0933 e. The van der Waals surface area contributed by atoms with Gasteiger partial charge in [0.25, 0.3) is 0 Å². The van der Waals surface area contributed by atoms with Crippen LogP contribution < -0.4 is 5.73 Å². The number of thiazole rings is 1. The van der Waals surface area contributed by atoms with Crippen LogP contribution in [0.1, 0.15) is 75.3 Å². The predicted octanol–water partition coefficient (Wildman–Crippen LogP) is 6.81. The molecule has 0 aliphatic rings. The standard InChI is InChI=1S/C22H34N2S.ClH/c1-2-3-4-5-6-7-8-9-11-19-13-15-20(16-14-19)21-18-25-22(24-21)12-10-17-23;/h13-16,18H,2-12,17,23H2,1H3;1H. The van der Waals surface area contributed by atoms with Gasteiger partial charge in [0.1, 0.15) is 0 Å². The van der Waals surface area contributed by atoms with Crippen molar-refractivity contribution < 1.29 is 0 Å². The van der Waals surface area contributed by atoms with Gasteiger partial charge in [-0.25, -0.2) is 4.98 Å². The number of nitrogens with two attached hydrogens (primary N) is 1. The van der Waals surface area contributed by atoms with E-state index in [2.05, 4.69) is 36.6 Å². The molecule has 0 aliphatic carbocycles. The molecule has 146 valence electrons. The molecule has 0 amide bonds. The van der Waals surface area contributed by atoms with Crippen LogP contribution in [-0.4, -0.2) is 11.5 Å². The van der Waals surface area contributed by atoms with E-state index in [0.29, 0.717) is 0 Å². The van der Waals surface area contributed by atoms with Crippen LogP contribution >= 0.6 is 23.7 Å². The van der Waals surface area contributed by atoms with Crippen molar-refractivity contribution in [1.82, 2.24) is 4.98 Å². The molecule has 0 saturated carbocycles. The molecule has 0 unspecified atom stereocenters. The second kappa shape index (κ2) is 14.2. The second-order valence-corrected chi connectivity index (χ2v) is 7.88. The van der Waals surface area contributed by atoms with Crippen LogP contribution in [0.15, 0.2) is 29.6 Å². The van der Waals surface area contributed by atoms with Gasteiger partial charge in [0, 0.05) is 17.4 Å².